The summed E-state index contributed by atoms with van der Waals surface area (Å²) in [4.78, 5) is 0.989. The fourth-order valence-electron chi connectivity index (χ4n) is 1.40. The van der Waals surface area contributed by atoms with Crippen molar-refractivity contribution in [1.29, 1.82) is 0 Å². The highest BCUT2D eigenvalue weighted by atomic mass is 79.9. The normalized spacial score (nSPS) is 27.7. The number of hydrogen-bond donors (Lipinski definition) is 0. The number of halogens is 4. The van der Waals surface area contributed by atoms with Gasteiger partial charge < -0.3 is 0 Å². The van der Waals surface area contributed by atoms with Gasteiger partial charge in [-0.2, -0.15) is 0 Å². The smallest absolute Gasteiger partial charge is 0.0757 e. The van der Waals surface area contributed by atoms with E-state index in [0.29, 0.717) is 9.65 Å². The van der Waals surface area contributed by atoms with E-state index >= 15 is 0 Å². The molecule has 0 saturated heterocycles. The summed E-state index contributed by atoms with van der Waals surface area (Å²) < 4.78 is 2.49. The first-order chi connectivity index (χ1) is 5.61. The van der Waals surface area contributed by atoms with Gasteiger partial charge in [-0.05, 0) is 49.4 Å². The average Bonchev–Trinajstić information content (AvgIpc) is 2.38. The summed E-state index contributed by atoms with van der Waals surface area (Å²) >= 11 is 16.2. The summed E-state index contributed by atoms with van der Waals surface area (Å²) in [7, 11) is 0. The Morgan fingerprint density at radius 1 is 1.00 bits per heavy atom. The van der Waals surface area contributed by atoms with Gasteiger partial charge in [0.05, 0.1) is 7.57 Å². The van der Waals surface area contributed by atoms with E-state index in [1.165, 1.54) is 18.7 Å². The minimum absolute atomic E-state index is 0.494. The standard InChI is InChI=1S/C7H4Br4S/c8-2-1-3(9)5-4(2)6(10)12-7(5)11/h2-3H,1H2/t2-,3-/m0/s1. The Bertz CT molecular complexity index is 291. The predicted octanol–water partition coefficient (Wildman–Crippen LogP) is 5.55. The molecule has 0 N–H and O–H groups in total. The van der Waals surface area contributed by atoms with E-state index in [1.54, 1.807) is 11.3 Å². The van der Waals surface area contributed by atoms with E-state index < -0.39 is 0 Å². The Labute approximate surface area is 109 Å². The molecular formula is C7H4Br4S. The summed E-state index contributed by atoms with van der Waals surface area (Å²) in [6.07, 6.45) is 1.13. The van der Waals surface area contributed by atoms with Gasteiger partial charge in [0, 0.05) is 9.65 Å². The fourth-order valence-corrected chi connectivity index (χ4v) is 8.00. The van der Waals surface area contributed by atoms with Crippen molar-refractivity contribution >= 4 is 75.1 Å². The minimum Gasteiger partial charge on any atom is -0.121 e. The molecule has 1 aliphatic rings. The fraction of sp³-hybridized carbons (Fsp3) is 0.429. The van der Waals surface area contributed by atoms with Crippen LogP contribution in [0.4, 0.5) is 0 Å². The number of alkyl halides is 2. The first-order valence-corrected chi connectivity index (χ1v) is 7.60. The van der Waals surface area contributed by atoms with Crippen LogP contribution in [-0.4, -0.2) is 0 Å². The van der Waals surface area contributed by atoms with Gasteiger partial charge in [0.15, 0.2) is 0 Å². The molecule has 2 atom stereocenters. The third-order valence-electron chi connectivity index (χ3n) is 1.93. The topological polar surface area (TPSA) is 0 Å². The summed E-state index contributed by atoms with van der Waals surface area (Å²) in [6, 6.07) is 0. The highest BCUT2D eigenvalue weighted by Crippen LogP contribution is 2.56. The van der Waals surface area contributed by atoms with Crippen LogP contribution in [-0.2, 0) is 0 Å². The van der Waals surface area contributed by atoms with Crippen LogP contribution in [0.1, 0.15) is 27.2 Å². The molecule has 1 aliphatic carbocycles. The van der Waals surface area contributed by atoms with Crippen LogP contribution in [0.3, 0.4) is 0 Å². The summed E-state index contributed by atoms with van der Waals surface area (Å²) in [5, 5.41) is 0. The van der Waals surface area contributed by atoms with Crippen molar-refractivity contribution in [2.75, 3.05) is 0 Å². The molecule has 0 nitrogen and oxygen atoms in total. The SMILES string of the molecule is Brc1sc(Br)c2c1[C@@H](Br)C[C@@H]2Br. The van der Waals surface area contributed by atoms with Crippen LogP contribution in [0.25, 0.3) is 0 Å². The largest absolute Gasteiger partial charge is 0.121 e. The van der Waals surface area contributed by atoms with Gasteiger partial charge in [-0.3, -0.25) is 0 Å². The molecule has 1 aromatic rings. The third-order valence-corrected chi connectivity index (χ3v) is 6.22. The second kappa shape index (κ2) is 3.65. The van der Waals surface area contributed by atoms with Crippen molar-refractivity contribution in [2.24, 2.45) is 0 Å². The van der Waals surface area contributed by atoms with E-state index in [9.17, 15) is 0 Å². The van der Waals surface area contributed by atoms with E-state index in [2.05, 4.69) is 63.7 Å². The van der Waals surface area contributed by atoms with Crippen molar-refractivity contribution in [1.82, 2.24) is 0 Å². The molecule has 0 fully saturated rings. The zero-order chi connectivity index (χ0) is 8.88. The molecular weight excluding hydrogens is 436 g/mol. The molecule has 0 radical (unpaired) electrons. The van der Waals surface area contributed by atoms with Crippen LogP contribution < -0.4 is 0 Å². The van der Waals surface area contributed by atoms with Crippen LogP contribution in [0.15, 0.2) is 7.57 Å². The first kappa shape index (κ1) is 10.1. The Balaban J connectivity index is 2.62. The molecule has 0 bridgehead atoms. The van der Waals surface area contributed by atoms with Crippen LogP contribution in [0, 0.1) is 0 Å². The van der Waals surface area contributed by atoms with Crippen molar-refractivity contribution in [3.8, 4) is 0 Å². The first-order valence-electron chi connectivity index (χ1n) is 3.37. The van der Waals surface area contributed by atoms with Crippen molar-refractivity contribution in [2.45, 2.75) is 16.1 Å². The monoisotopic (exact) mass is 436 g/mol. The molecule has 1 heterocycles. The highest BCUT2D eigenvalue weighted by molar-refractivity contribution is 9.12. The molecule has 0 saturated carbocycles. The number of thiophene rings is 1. The lowest BCUT2D eigenvalue weighted by molar-refractivity contribution is 0.893. The highest BCUT2D eigenvalue weighted by Gasteiger charge is 2.33. The van der Waals surface area contributed by atoms with Gasteiger partial charge in [0.1, 0.15) is 0 Å². The minimum atomic E-state index is 0.494. The molecule has 66 valence electrons. The molecule has 0 aliphatic heterocycles. The molecule has 0 amide bonds. The lowest BCUT2D eigenvalue weighted by atomic mass is 10.2. The van der Waals surface area contributed by atoms with E-state index in [4.69, 9.17) is 0 Å². The van der Waals surface area contributed by atoms with Crippen LogP contribution in [0.2, 0.25) is 0 Å². The van der Waals surface area contributed by atoms with E-state index in [0.717, 1.165) is 6.42 Å². The van der Waals surface area contributed by atoms with Crippen molar-refractivity contribution in [3.63, 3.8) is 0 Å². The van der Waals surface area contributed by atoms with Crippen LogP contribution >= 0.6 is 75.1 Å². The molecule has 12 heavy (non-hydrogen) atoms. The average molecular weight is 440 g/mol. The Hall–Kier alpha value is 1.62. The van der Waals surface area contributed by atoms with Gasteiger partial charge in [-0.15, -0.1) is 11.3 Å². The zero-order valence-electron chi connectivity index (χ0n) is 5.78. The Kier molecular flexibility index (Phi) is 3.08. The summed E-state index contributed by atoms with van der Waals surface area (Å²) in [6.45, 7) is 0. The summed E-state index contributed by atoms with van der Waals surface area (Å²) in [5.74, 6) is 0. The second-order valence-corrected chi connectivity index (χ2v) is 8.51. The predicted molar refractivity (Wildman–Crippen MR) is 67.7 cm³/mol. The molecule has 0 spiro atoms. The Morgan fingerprint density at radius 2 is 1.42 bits per heavy atom. The molecule has 0 unspecified atom stereocenters. The van der Waals surface area contributed by atoms with Crippen LogP contribution in [0.5, 0.6) is 0 Å². The lowest BCUT2D eigenvalue weighted by Crippen LogP contribution is -1.78. The van der Waals surface area contributed by atoms with Crippen molar-refractivity contribution < 1.29 is 0 Å². The number of fused-ring (bicyclic) bond motifs is 1. The quantitative estimate of drug-likeness (QED) is 0.465. The van der Waals surface area contributed by atoms with Gasteiger partial charge in [0.2, 0.25) is 0 Å². The van der Waals surface area contributed by atoms with Crippen molar-refractivity contribution in [3.05, 3.63) is 18.7 Å². The second-order valence-electron chi connectivity index (χ2n) is 2.65. The third kappa shape index (κ3) is 1.49. The molecule has 5 heteroatoms. The maximum Gasteiger partial charge on any atom is 0.0757 e. The lowest BCUT2D eigenvalue weighted by Gasteiger charge is -1.99. The molecule has 2 rings (SSSR count). The molecule has 0 aromatic carbocycles. The van der Waals surface area contributed by atoms with Gasteiger partial charge in [-0.25, -0.2) is 0 Å². The maximum atomic E-state index is 3.67. The van der Waals surface area contributed by atoms with E-state index in [-0.39, 0.29) is 0 Å². The van der Waals surface area contributed by atoms with Gasteiger partial charge in [0.25, 0.3) is 0 Å². The number of hydrogen-bond acceptors (Lipinski definition) is 1. The maximum absolute atomic E-state index is 3.67. The summed E-state index contributed by atoms with van der Waals surface area (Å²) in [5.41, 5.74) is 2.82. The van der Waals surface area contributed by atoms with Gasteiger partial charge >= 0.3 is 0 Å². The zero-order valence-corrected chi connectivity index (χ0v) is 12.9. The molecule has 1 aromatic heterocycles. The Morgan fingerprint density at radius 3 is 1.83 bits per heavy atom. The van der Waals surface area contributed by atoms with Gasteiger partial charge in [-0.1, -0.05) is 31.9 Å². The van der Waals surface area contributed by atoms with E-state index in [1.807, 2.05) is 0 Å². The number of rotatable bonds is 0.